The molecule has 0 aliphatic carbocycles. The van der Waals surface area contributed by atoms with Crippen molar-refractivity contribution in [1.29, 1.82) is 0 Å². The van der Waals surface area contributed by atoms with Gasteiger partial charge in [-0.05, 0) is 80.2 Å². The van der Waals surface area contributed by atoms with Crippen molar-refractivity contribution in [2.24, 2.45) is 5.92 Å². The number of nitrogens with one attached hydrogen (secondary N) is 3. The number of aromatic nitrogens is 2. The number of nitrogens with zero attached hydrogens (tertiary/aromatic N) is 2. The fourth-order valence-electron chi connectivity index (χ4n) is 4.11. The molecule has 10 heteroatoms. The van der Waals surface area contributed by atoms with E-state index in [-0.39, 0.29) is 12.2 Å². The number of hydrogen-bond acceptors (Lipinski definition) is 6. The molecule has 1 fully saturated rings. The van der Waals surface area contributed by atoms with Crippen molar-refractivity contribution in [1.82, 2.24) is 15.3 Å². The van der Waals surface area contributed by atoms with E-state index in [0.29, 0.717) is 29.5 Å². The number of hydrogen-bond donors (Lipinski definition) is 4. The van der Waals surface area contributed by atoms with Crippen LogP contribution in [0.3, 0.4) is 0 Å². The van der Waals surface area contributed by atoms with Crippen molar-refractivity contribution in [3.63, 3.8) is 0 Å². The van der Waals surface area contributed by atoms with E-state index in [9.17, 15) is 23.1 Å². The van der Waals surface area contributed by atoms with Crippen molar-refractivity contribution in [2.45, 2.75) is 25.9 Å². The van der Waals surface area contributed by atoms with E-state index in [0.717, 1.165) is 54.9 Å². The monoisotopic (exact) mass is 523 g/mol. The highest BCUT2D eigenvalue weighted by Crippen LogP contribution is 2.30. The molecule has 4 rings (SSSR count). The second kappa shape index (κ2) is 12.1. The summed E-state index contributed by atoms with van der Waals surface area (Å²) in [6.45, 7) is 4.06. The summed E-state index contributed by atoms with van der Waals surface area (Å²) in [7, 11) is 0. The van der Waals surface area contributed by atoms with Gasteiger partial charge in [-0.3, -0.25) is 9.78 Å². The summed E-state index contributed by atoms with van der Waals surface area (Å²) in [5.41, 5.74) is 2.86. The Kier molecular flexibility index (Phi) is 8.61. The van der Waals surface area contributed by atoms with Crippen LogP contribution in [0.2, 0.25) is 0 Å². The number of halogens is 3. The summed E-state index contributed by atoms with van der Waals surface area (Å²) < 4.78 is 39.0. The van der Waals surface area contributed by atoms with Gasteiger partial charge in [-0.1, -0.05) is 12.0 Å². The molecule has 1 aromatic carbocycles. The third-order valence-electron chi connectivity index (χ3n) is 6.17. The van der Waals surface area contributed by atoms with Crippen LogP contribution in [0.1, 0.15) is 40.2 Å². The average Bonchev–Trinajstić information content (AvgIpc) is 2.92. The second-order valence-corrected chi connectivity index (χ2v) is 8.98. The summed E-state index contributed by atoms with van der Waals surface area (Å²) in [6.07, 6.45) is -0.0197. The molecule has 3 heterocycles. The number of pyridine rings is 2. The predicted octanol–water partition coefficient (Wildman–Crippen LogP) is 4.48. The normalized spacial score (nSPS) is 13.9. The third kappa shape index (κ3) is 6.88. The molecule has 1 amide bonds. The maximum absolute atomic E-state index is 13.0. The molecule has 0 unspecified atom stereocenters. The van der Waals surface area contributed by atoms with Gasteiger partial charge in [-0.25, -0.2) is 4.98 Å². The van der Waals surface area contributed by atoms with Crippen LogP contribution in [0.15, 0.2) is 48.8 Å². The minimum atomic E-state index is -4.65. The lowest BCUT2D eigenvalue weighted by molar-refractivity contribution is -0.141. The first-order valence-electron chi connectivity index (χ1n) is 12.3. The second-order valence-electron chi connectivity index (χ2n) is 8.98. The number of piperidine rings is 1. The van der Waals surface area contributed by atoms with Crippen LogP contribution in [-0.2, 0) is 6.18 Å². The van der Waals surface area contributed by atoms with Gasteiger partial charge in [-0.15, -0.1) is 0 Å². The number of amides is 1. The molecule has 3 aromatic rings. The van der Waals surface area contributed by atoms with Crippen LogP contribution in [0.25, 0.3) is 11.1 Å². The van der Waals surface area contributed by atoms with Crippen molar-refractivity contribution in [3.05, 3.63) is 71.3 Å². The highest BCUT2D eigenvalue weighted by atomic mass is 19.4. The quantitative estimate of drug-likeness (QED) is 0.356. The molecule has 7 nitrogen and oxygen atoms in total. The molecule has 0 atom stereocenters. The zero-order valence-electron chi connectivity index (χ0n) is 20.8. The maximum atomic E-state index is 13.0. The molecular weight excluding hydrogens is 495 g/mol. The van der Waals surface area contributed by atoms with Crippen molar-refractivity contribution in [3.8, 4) is 23.0 Å². The zero-order chi connectivity index (χ0) is 27.1. The van der Waals surface area contributed by atoms with Gasteiger partial charge < -0.3 is 21.1 Å². The van der Waals surface area contributed by atoms with Crippen LogP contribution < -0.4 is 16.0 Å². The predicted molar refractivity (Wildman–Crippen MR) is 140 cm³/mol. The van der Waals surface area contributed by atoms with E-state index in [1.54, 1.807) is 18.3 Å². The van der Waals surface area contributed by atoms with Crippen LogP contribution in [0.4, 0.5) is 24.5 Å². The molecule has 0 saturated carbocycles. The zero-order valence-corrected chi connectivity index (χ0v) is 20.8. The highest BCUT2D eigenvalue weighted by Gasteiger charge is 2.33. The van der Waals surface area contributed by atoms with Gasteiger partial charge >= 0.3 is 6.18 Å². The minimum absolute atomic E-state index is 0.0585. The molecule has 4 N–H and O–H groups in total. The van der Waals surface area contributed by atoms with E-state index in [4.69, 9.17) is 0 Å². The first-order chi connectivity index (χ1) is 18.2. The van der Waals surface area contributed by atoms with Gasteiger partial charge in [-0.2, -0.15) is 13.2 Å². The smallest absolute Gasteiger partial charge is 0.395 e. The van der Waals surface area contributed by atoms with Gasteiger partial charge in [0.2, 0.25) is 0 Å². The standard InChI is InChI=1S/C28H28F3N5O2/c1-18-2-4-22(36-27(38)20-8-11-34-26(15-20)28(29,30)31)16-23(18)21-14-25(33-12-13-37)24(35-17-21)5-3-19-6-9-32-10-7-19/h2,4,8,11,14-17,19,32-33,37H,6-7,9-10,12-13H2,1H3,(H,36,38). The molecule has 1 saturated heterocycles. The molecule has 38 heavy (non-hydrogen) atoms. The van der Waals surface area contributed by atoms with Crippen LogP contribution in [-0.4, -0.2) is 47.2 Å². The Morgan fingerprint density at radius 2 is 1.95 bits per heavy atom. The number of benzene rings is 1. The van der Waals surface area contributed by atoms with E-state index < -0.39 is 17.8 Å². The maximum Gasteiger partial charge on any atom is 0.433 e. The van der Waals surface area contributed by atoms with Crippen molar-refractivity contribution in [2.75, 3.05) is 36.9 Å². The number of anilines is 2. The molecule has 2 aromatic heterocycles. The van der Waals surface area contributed by atoms with E-state index in [1.165, 1.54) is 6.07 Å². The Labute approximate surface area is 218 Å². The van der Waals surface area contributed by atoms with Crippen LogP contribution >= 0.6 is 0 Å². The third-order valence-corrected chi connectivity index (χ3v) is 6.17. The topological polar surface area (TPSA) is 99.2 Å². The SMILES string of the molecule is Cc1ccc(NC(=O)c2ccnc(C(F)(F)F)c2)cc1-c1cnc(C#CC2CCNCC2)c(NCCO)c1. The molecule has 1 aliphatic heterocycles. The Morgan fingerprint density at radius 3 is 2.68 bits per heavy atom. The van der Waals surface area contributed by atoms with Crippen molar-refractivity contribution < 1.29 is 23.1 Å². The number of aryl methyl sites for hydroxylation is 1. The number of carbonyl (C=O) groups excluding carboxylic acids is 1. The van der Waals surface area contributed by atoms with Gasteiger partial charge in [0, 0.05) is 41.7 Å². The molecular formula is C28H28F3N5O2. The number of carbonyl (C=O) groups is 1. The van der Waals surface area contributed by atoms with E-state index in [2.05, 4.69) is 37.8 Å². The Morgan fingerprint density at radius 1 is 1.16 bits per heavy atom. The largest absolute Gasteiger partial charge is 0.433 e. The van der Waals surface area contributed by atoms with E-state index in [1.807, 2.05) is 19.1 Å². The molecule has 0 bridgehead atoms. The molecule has 0 radical (unpaired) electrons. The first-order valence-corrected chi connectivity index (χ1v) is 12.3. The number of alkyl halides is 3. The molecule has 1 aliphatic rings. The van der Waals surface area contributed by atoms with Gasteiger partial charge in [0.25, 0.3) is 5.91 Å². The number of rotatable bonds is 6. The molecule has 198 valence electrons. The Hall–Kier alpha value is -3.94. The molecule has 0 spiro atoms. The fourth-order valence-corrected chi connectivity index (χ4v) is 4.11. The number of aliphatic hydroxyl groups excluding tert-OH is 1. The highest BCUT2D eigenvalue weighted by molar-refractivity contribution is 6.04. The van der Waals surface area contributed by atoms with Gasteiger partial charge in [0.05, 0.1) is 12.3 Å². The summed E-state index contributed by atoms with van der Waals surface area (Å²) in [5, 5.41) is 18.5. The summed E-state index contributed by atoms with van der Waals surface area (Å²) in [4.78, 5) is 20.5. The fraction of sp³-hybridized carbons (Fsp3) is 0.321. The summed E-state index contributed by atoms with van der Waals surface area (Å²) >= 11 is 0. The lowest BCUT2D eigenvalue weighted by Gasteiger charge is -2.17. The first kappa shape index (κ1) is 27.1. The van der Waals surface area contributed by atoms with Gasteiger partial charge in [0.15, 0.2) is 0 Å². The van der Waals surface area contributed by atoms with E-state index >= 15 is 0 Å². The summed E-state index contributed by atoms with van der Waals surface area (Å²) in [6, 6.07) is 9.07. The van der Waals surface area contributed by atoms with Crippen LogP contribution in [0, 0.1) is 24.7 Å². The van der Waals surface area contributed by atoms with Crippen LogP contribution in [0.5, 0.6) is 0 Å². The Bertz CT molecular complexity index is 1360. The van der Waals surface area contributed by atoms with Crippen molar-refractivity contribution >= 4 is 17.3 Å². The van der Waals surface area contributed by atoms with Gasteiger partial charge in [0.1, 0.15) is 11.4 Å². The average molecular weight is 524 g/mol. The lowest BCUT2D eigenvalue weighted by atomic mass is 9.98. The Balaban J connectivity index is 1.59. The lowest BCUT2D eigenvalue weighted by Crippen LogP contribution is -2.26. The number of aliphatic hydroxyl groups is 1. The summed E-state index contributed by atoms with van der Waals surface area (Å²) in [5.74, 6) is 6.11. The minimum Gasteiger partial charge on any atom is -0.395 e.